The molecule has 0 spiro atoms. The summed E-state index contributed by atoms with van der Waals surface area (Å²) in [6, 6.07) is 1.49. The second kappa shape index (κ2) is 12.5. The van der Waals surface area contributed by atoms with Gasteiger partial charge in [-0.1, -0.05) is 27.7 Å². The molecular weight excluding hydrogens is 524 g/mol. The molecule has 0 aromatic rings. The molecule has 4 saturated heterocycles. The summed E-state index contributed by atoms with van der Waals surface area (Å²) in [5, 5.41) is 0. The van der Waals surface area contributed by atoms with Crippen LogP contribution in [0.2, 0.25) is 0 Å². The first-order valence-electron chi connectivity index (χ1n) is 18.2. The van der Waals surface area contributed by atoms with Gasteiger partial charge >= 0.3 is 0 Å². The molecule has 0 N–H and O–H groups in total. The molecule has 3 saturated carbocycles. The number of hydrogen-bond donors (Lipinski definition) is 0. The summed E-state index contributed by atoms with van der Waals surface area (Å²) in [4.78, 5) is 5.47. The zero-order chi connectivity index (χ0) is 28.9. The molecule has 7 fully saturated rings. The van der Waals surface area contributed by atoms with Crippen LogP contribution >= 0.6 is 0 Å². The van der Waals surface area contributed by atoms with Crippen molar-refractivity contribution >= 4 is 0 Å². The molecule has 4 aliphatic heterocycles. The maximum atomic E-state index is 5.61. The van der Waals surface area contributed by atoms with Crippen molar-refractivity contribution in [3.8, 4) is 0 Å². The highest BCUT2D eigenvalue weighted by atomic mass is 16.6. The Morgan fingerprint density at radius 1 is 0.405 bits per heavy atom. The molecule has 0 aromatic heterocycles. The number of nitrogens with zero attached hydrogens (tertiary/aromatic N) is 2. The quantitative estimate of drug-likeness (QED) is 0.227. The van der Waals surface area contributed by atoms with Gasteiger partial charge in [0.15, 0.2) is 0 Å². The zero-order valence-electron chi connectivity index (χ0n) is 27.4. The van der Waals surface area contributed by atoms with Gasteiger partial charge in [0.2, 0.25) is 0 Å². The van der Waals surface area contributed by atoms with Gasteiger partial charge in [0, 0.05) is 38.3 Å². The Morgan fingerprint density at radius 2 is 0.619 bits per heavy atom. The molecule has 0 amide bonds. The Bertz CT molecular complexity index is 771. The van der Waals surface area contributed by atoms with Gasteiger partial charge in [-0.15, -0.1) is 0 Å². The lowest BCUT2D eigenvalue weighted by Gasteiger charge is -2.51. The molecule has 6 heteroatoms. The van der Waals surface area contributed by atoms with Gasteiger partial charge in [0.05, 0.1) is 50.8 Å². The van der Waals surface area contributed by atoms with E-state index in [2.05, 4.69) is 37.5 Å². The van der Waals surface area contributed by atoms with Crippen LogP contribution in [0.15, 0.2) is 0 Å². The van der Waals surface area contributed by atoms with Gasteiger partial charge in [0.1, 0.15) is 0 Å². The van der Waals surface area contributed by atoms with Crippen LogP contribution in [0.25, 0.3) is 0 Å². The summed E-state index contributed by atoms with van der Waals surface area (Å²) in [6.07, 6.45) is 18.9. The number of epoxide rings is 4. The fourth-order valence-corrected chi connectivity index (χ4v) is 10.1. The molecule has 6 nitrogen and oxygen atoms in total. The maximum Gasteiger partial charge on any atom is 0.0936 e. The Kier molecular flexibility index (Phi) is 9.06. The minimum absolute atomic E-state index is 0.474. The molecule has 42 heavy (non-hydrogen) atoms. The van der Waals surface area contributed by atoms with E-state index < -0.39 is 0 Å². The van der Waals surface area contributed by atoms with Crippen molar-refractivity contribution in [1.29, 1.82) is 0 Å². The summed E-state index contributed by atoms with van der Waals surface area (Å²) in [5.74, 6) is 3.58. The van der Waals surface area contributed by atoms with E-state index in [0.717, 1.165) is 88.4 Å². The van der Waals surface area contributed by atoms with Crippen LogP contribution in [0.1, 0.15) is 105 Å². The van der Waals surface area contributed by atoms with E-state index in [0.29, 0.717) is 35.2 Å². The molecule has 0 radical (unpaired) electrons. The highest BCUT2D eigenvalue weighted by molar-refractivity contribution is 4.97. The van der Waals surface area contributed by atoms with Crippen molar-refractivity contribution in [2.24, 2.45) is 34.5 Å². The highest BCUT2D eigenvalue weighted by Crippen LogP contribution is 2.54. The first kappa shape index (κ1) is 30.4. The lowest BCUT2D eigenvalue weighted by molar-refractivity contribution is -0.0110. The van der Waals surface area contributed by atoms with Gasteiger partial charge in [0.25, 0.3) is 0 Å². The van der Waals surface area contributed by atoms with E-state index in [9.17, 15) is 0 Å². The van der Waals surface area contributed by atoms with Gasteiger partial charge in [-0.25, -0.2) is 0 Å². The van der Waals surface area contributed by atoms with Crippen molar-refractivity contribution < 1.29 is 18.9 Å². The number of ether oxygens (including phenoxy) is 4. The zero-order valence-corrected chi connectivity index (χ0v) is 27.4. The first-order valence-corrected chi connectivity index (χ1v) is 18.2. The van der Waals surface area contributed by atoms with Gasteiger partial charge in [-0.2, -0.15) is 0 Å². The predicted octanol–water partition coefficient (Wildman–Crippen LogP) is 6.16. The van der Waals surface area contributed by atoms with Gasteiger partial charge < -0.3 is 18.9 Å². The van der Waals surface area contributed by atoms with E-state index in [4.69, 9.17) is 18.9 Å². The largest absolute Gasteiger partial charge is 0.372 e. The fourth-order valence-electron chi connectivity index (χ4n) is 10.1. The average Bonchev–Trinajstić information content (AvgIpc) is 3.82. The lowest BCUT2D eigenvalue weighted by Crippen LogP contribution is -2.46. The average molecular weight is 587 g/mol. The third-order valence-electron chi connectivity index (χ3n) is 13.7. The van der Waals surface area contributed by atoms with Gasteiger partial charge in [-0.05, 0) is 112 Å². The Labute approximate surface area is 256 Å². The summed E-state index contributed by atoms with van der Waals surface area (Å²) in [7, 11) is 0. The Balaban J connectivity index is 0.869. The van der Waals surface area contributed by atoms with Crippen molar-refractivity contribution in [3.63, 3.8) is 0 Å². The normalized spacial score (nSPS) is 42.1. The molecular formula is C36H62N2O4. The minimum atomic E-state index is 0.474. The van der Waals surface area contributed by atoms with E-state index in [1.807, 2.05) is 0 Å². The number of hydrogen-bond acceptors (Lipinski definition) is 6. The second-order valence-electron chi connectivity index (χ2n) is 16.9. The number of rotatable bonds is 14. The smallest absolute Gasteiger partial charge is 0.0936 e. The van der Waals surface area contributed by atoms with Crippen molar-refractivity contribution in [3.05, 3.63) is 0 Å². The summed E-state index contributed by atoms with van der Waals surface area (Å²) >= 11 is 0. The second-order valence-corrected chi connectivity index (χ2v) is 16.9. The van der Waals surface area contributed by atoms with Crippen LogP contribution < -0.4 is 0 Å². The third-order valence-corrected chi connectivity index (χ3v) is 13.7. The molecule has 4 unspecified atom stereocenters. The van der Waals surface area contributed by atoms with E-state index in [-0.39, 0.29) is 0 Å². The summed E-state index contributed by atoms with van der Waals surface area (Å²) in [5.41, 5.74) is 0.949. The molecule has 4 atom stereocenters. The highest BCUT2D eigenvalue weighted by Gasteiger charge is 2.46. The summed E-state index contributed by atoms with van der Waals surface area (Å²) < 4.78 is 22.4. The van der Waals surface area contributed by atoms with Crippen molar-refractivity contribution in [2.75, 3.05) is 52.6 Å². The topological polar surface area (TPSA) is 56.6 Å². The molecule has 3 aliphatic carbocycles. The van der Waals surface area contributed by atoms with Gasteiger partial charge in [-0.3, -0.25) is 9.80 Å². The van der Waals surface area contributed by atoms with Crippen LogP contribution in [0, 0.1) is 34.5 Å². The van der Waals surface area contributed by atoms with E-state index in [1.54, 1.807) is 0 Å². The monoisotopic (exact) mass is 586 g/mol. The van der Waals surface area contributed by atoms with Crippen LogP contribution in [-0.4, -0.2) is 98.9 Å². The van der Waals surface area contributed by atoms with Crippen LogP contribution in [-0.2, 0) is 18.9 Å². The fraction of sp³-hybridized carbons (Fsp3) is 1.00. The third kappa shape index (κ3) is 7.41. The van der Waals surface area contributed by atoms with Crippen LogP contribution in [0.4, 0.5) is 0 Å². The SMILES string of the molecule is CC(C)(C1CCC(N(CC2CO2)CC2CO2)CC1)C1CCC(C(C)(C)C2CCC(N(CC3CO3)CC3CO3)CC2)CC1. The lowest BCUT2D eigenvalue weighted by atomic mass is 9.55. The van der Waals surface area contributed by atoms with Crippen LogP contribution in [0.3, 0.4) is 0 Å². The van der Waals surface area contributed by atoms with E-state index in [1.165, 1.54) is 77.0 Å². The Morgan fingerprint density at radius 3 is 0.833 bits per heavy atom. The molecule has 240 valence electrons. The molecule has 7 aliphatic rings. The first-order chi connectivity index (χ1) is 20.3. The molecule has 0 aromatic carbocycles. The van der Waals surface area contributed by atoms with Crippen LogP contribution in [0.5, 0.6) is 0 Å². The molecule has 4 heterocycles. The standard InChI is InChI=1S/C36H62N2O4/c1-35(2,27-9-13-29(14-10-27)37(17-31-21-39-31)18-32-22-40-32)25-5-7-26(8-6-25)36(3,4)28-11-15-30(16-12-28)38(19-33-23-41-33)20-34-24-42-34/h25-34H,5-24H2,1-4H3. The predicted molar refractivity (Wildman–Crippen MR) is 167 cm³/mol. The van der Waals surface area contributed by atoms with E-state index >= 15 is 0 Å². The molecule has 0 bridgehead atoms. The summed E-state index contributed by atoms with van der Waals surface area (Å²) in [6.45, 7) is 19.0. The van der Waals surface area contributed by atoms with Crippen molar-refractivity contribution in [1.82, 2.24) is 9.80 Å². The van der Waals surface area contributed by atoms with Crippen molar-refractivity contribution in [2.45, 2.75) is 141 Å². The Hall–Kier alpha value is -0.240. The maximum absolute atomic E-state index is 5.61. The molecule has 7 rings (SSSR count). The minimum Gasteiger partial charge on any atom is -0.372 e.